The van der Waals surface area contributed by atoms with Gasteiger partial charge in [0.1, 0.15) is 5.69 Å². The highest BCUT2D eigenvalue weighted by molar-refractivity contribution is 9.10. The Labute approximate surface area is 131 Å². The van der Waals surface area contributed by atoms with E-state index in [1.807, 2.05) is 13.8 Å². The van der Waals surface area contributed by atoms with Crippen LogP contribution in [0.1, 0.15) is 50.8 Å². The lowest BCUT2D eigenvalue weighted by Crippen LogP contribution is -2.18. The molecule has 2 rings (SSSR count). The Bertz CT molecular complexity index is 702. The van der Waals surface area contributed by atoms with E-state index in [0.717, 1.165) is 17.5 Å². The third-order valence-corrected chi connectivity index (χ3v) is 4.97. The number of nitrogens with zero attached hydrogens (tertiary/aromatic N) is 2. The fourth-order valence-corrected chi connectivity index (χ4v) is 4.91. The van der Waals surface area contributed by atoms with Crippen molar-refractivity contribution in [1.82, 2.24) is 0 Å². The minimum Gasteiger partial charge on any atom is -0.258 e. The van der Waals surface area contributed by atoms with Gasteiger partial charge in [-0.05, 0) is 45.7 Å². The number of aliphatic imine (C=N–C) groups is 1. The minimum absolute atomic E-state index is 0.0674. The number of hydrogen-bond donors (Lipinski definition) is 0. The van der Waals surface area contributed by atoms with Crippen LogP contribution in [0.4, 0.5) is 11.4 Å². The summed E-state index contributed by atoms with van der Waals surface area (Å²) in [7, 11) is 0. The second-order valence-corrected chi connectivity index (χ2v) is 7.58. The molecule has 5 nitrogen and oxygen atoms in total. The molecule has 0 saturated carbocycles. The van der Waals surface area contributed by atoms with Crippen molar-refractivity contribution in [2.24, 2.45) is 4.99 Å². The Morgan fingerprint density at radius 1 is 1.24 bits per heavy atom. The highest BCUT2D eigenvalue weighted by Crippen LogP contribution is 2.58. The monoisotopic (exact) mass is 352 g/mol. The summed E-state index contributed by atoms with van der Waals surface area (Å²) in [5.74, 6) is 0. The smallest absolute Gasteiger partial charge is 0.258 e. The van der Waals surface area contributed by atoms with Crippen LogP contribution >= 0.6 is 15.9 Å². The van der Waals surface area contributed by atoms with E-state index in [4.69, 9.17) is 0 Å². The molecule has 0 radical (unpaired) electrons. The molecule has 0 amide bonds. The number of fused-ring (bicyclic) bond motifs is 1. The van der Waals surface area contributed by atoms with Gasteiger partial charge in [-0.25, -0.2) is 4.79 Å². The number of halogens is 1. The van der Waals surface area contributed by atoms with Crippen molar-refractivity contribution in [3.63, 3.8) is 0 Å². The summed E-state index contributed by atoms with van der Waals surface area (Å²) >= 11 is 3.50. The van der Waals surface area contributed by atoms with Gasteiger partial charge in [0.05, 0.1) is 10.5 Å². The molecule has 1 aliphatic rings. The zero-order chi connectivity index (χ0) is 16.2. The average molecular weight is 353 g/mol. The Morgan fingerprint density at radius 2 is 1.76 bits per heavy atom. The van der Waals surface area contributed by atoms with Crippen LogP contribution in [-0.2, 0) is 15.6 Å². The maximum absolute atomic E-state index is 11.6. The van der Waals surface area contributed by atoms with Crippen LogP contribution in [0, 0.1) is 17.0 Å². The van der Waals surface area contributed by atoms with Gasteiger partial charge in [-0.3, -0.25) is 10.1 Å². The first-order valence-electron chi connectivity index (χ1n) is 6.64. The van der Waals surface area contributed by atoms with Crippen molar-refractivity contribution in [3.05, 3.63) is 31.3 Å². The largest absolute Gasteiger partial charge is 0.278 e. The zero-order valence-electron chi connectivity index (χ0n) is 12.7. The van der Waals surface area contributed by atoms with Gasteiger partial charge in [0, 0.05) is 10.0 Å². The molecule has 0 aromatic heterocycles. The molecular weight excluding hydrogens is 336 g/mol. The van der Waals surface area contributed by atoms with Gasteiger partial charge in [0.25, 0.3) is 5.69 Å². The summed E-state index contributed by atoms with van der Waals surface area (Å²) in [6.45, 7) is 9.77. The second-order valence-electron chi connectivity index (χ2n) is 6.79. The number of nitro groups is 1. The number of isocyanates is 1. The Hall–Kier alpha value is -1.52. The molecule has 0 fully saturated rings. The first-order valence-corrected chi connectivity index (χ1v) is 7.43. The SMILES string of the molecule is Cc1c(N=C=O)c(Br)c2c(c1[N+](=O)[O-])C(C)(C)CC2(C)C. The molecule has 0 unspecified atom stereocenters. The van der Waals surface area contributed by atoms with Crippen molar-refractivity contribution in [3.8, 4) is 0 Å². The molecule has 1 aliphatic carbocycles. The van der Waals surface area contributed by atoms with Crippen LogP contribution in [0.25, 0.3) is 0 Å². The standard InChI is InChI=1S/C15H17BrN2O3/c1-8-12(17-7-19)11(16)9-10(13(8)18(20)21)15(4,5)6-14(9,2)3/h6H2,1-5H3. The van der Waals surface area contributed by atoms with E-state index >= 15 is 0 Å². The molecular formula is C15H17BrN2O3. The fourth-order valence-electron chi connectivity index (χ4n) is 3.79. The topological polar surface area (TPSA) is 72.6 Å². The van der Waals surface area contributed by atoms with Crippen molar-refractivity contribution >= 4 is 33.4 Å². The van der Waals surface area contributed by atoms with Crippen LogP contribution in [0.5, 0.6) is 0 Å². The van der Waals surface area contributed by atoms with Gasteiger partial charge in [-0.15, -0.1) is 0 Å². The quantitative estimate of drug-likeness (QED) is 0.338. The van der Waals surface area contributed by atoms with E-state index < -0.39 is 0 Å². The minimum atomic E-state index is -0.367. The van der Waals surface area contributed by atoms with Gasteiger partial charge in [0.2, 0.25) is 6.08 Å². The average Bonchev–Trinajstić information content (AvgIpc) is 2.49. The molecule has 21 heavy (non-hydrogen) atoms. The van der Waals surface area contributed by atoms with E-state index in [0.29, 0.717) is 15.7 Å². The molecule has 0 atom stereocenters. The third kappa shape index (κ3) is 2.23. The Balaban J connectivity index is 3.06. The van der Waals surface area contributed by atoms with Gasteiger partial charge in [-0.2, -0.15) is 4.99 Å². The summed E-state index contributed by atoms with van der Waals surface area (Å²) < 4.78 is 0.666. The van der Waals surface area contributed by atoms with Gasteiger partial charge >= 0.3 is 0 Å². The summed E-state index contributed by atoms with van der Waals surface area (Å²) in [5, 5.41) is 11.6. The number of rotatable bonds is 2. The zero-order valence-corrected chi connectivity index (χ0v) is 14.3. The first-order chi connectivity index (χ1) is 9.54. The number of carbonyl (C=O) groups excluding carboxylic acids is 1. The molecule has 0 aliphatic heterocycles. The summed E-state index contributed by atoms with van der Waals surface area (Å²) in [6.07, 6.45) is 2.29. The highest BCUT2D eigenvalue weighted by atomic mass is 79.9. The van der Waals surface area contributed by atoms with E-state index in [1.54, 1.807) is 6.92 Å². The van der Waals surface area contributed by atoms with E-state index in [2.05, 4.69) is 34.8 Å². The number of benzene rings is 1. The maximum Gasteiger partial charge on any atom is 0.278 e. The van der Waals surface area contributed by atoms with Crippen molar-refractivity contribution < 1.29 is 9.72 Å². The molecule has 0 N–H and O–H groups in total. The molecule has 0 heterocycles. The second kappa shape index (κ2) is 4.75. The lowest BCUT2D eigenvalue weighted by molar-refractivity contribution is -0.386. The number of nitro benzene ring substituents is 1. The third-order valence-electron chi connectivity index (χ3n) is 4.20. The van der Waals surface area contributed by atoms with E-state index in [-0.39, 0.29) is 21.4 Å². The normalized spacial score (nSPS) is 18.0. The fraction of sp³-hybridized carbons (Fsp3) is 0.533. The van der Waals surface area contributed by atoms with Crippen LogP contribution in [0.3, 0.4) is 0 Å². The summed E-state index contributed by atoms with van der Waals surface area (Å²) in [6, 6.07) is 0. The van der Waals surface area contributed by atoms with Gasteiger partial charge in [-0.1, -0.05) is 27.7 Å². The van der Waals surface area contributed by atoms with Crippen LogP contribution < -0.4 is 0 Å². The van der Waals surface area contributed by atoms with Crippen LogP contribution in [-0.4, -0.2) is 11.0 Å². The Kier molecular flexibility index (Phi) is 3.59. The molecule has 6 heteroatoms. The molecule has 0 saturated heterocycles. The Morgan fingerprint density at radius 3 is 2.24 bits per heavy atom. The maximum atomic E-state index is 11.6. The predicted molar refractivity (Wildman–Crippen MR) is 84.0 cm³/mol. The van der Waals surface area contributed by atoms with Crippen molar-refractivity contribution in [1.29, 1.82) is 0 Å². The molecule has 0 spiro atoms. The van der Waals surface area contributed by atoms with E-state index in [9.17, 15) is 14.9 Å². The van der Waals surface area contributed by atoms with Gasteiger partial charge in [0.15, 0.2) is 0 Å². The summed E-state index contributed by atoms with van der Waals surface area (Å²) in [4.78, 5) is 25.6. The lowest BCUT2D eigenvalue weighted by atomic mass is 9.81. The van der Waals surface area contributed by atoms with Crippen LogP contribution in [0.15, 0.2) is 9.47 Å². The van der Waals surface area contributed by atoms with Crippen molar-refractivity contribution in [2.45, 2.75) is 51.9 Å². The van der Waals surface area contributed by atoms with Crippen molar-refractivity contribution in [2.75, 3.05) is 0 Å². The predicted octanol–water partition coefficient (Wildman–Crippen LogP) is 4.59. The summed E-state index contributed by atoms with van der Waals surface area (Å²) in [5.41, 5.74) is 1.85. The molecule has 0 bridgehead atoms. The number of hydrogen-bond acceptors (Lipinski definition) is 4. The molecule has 1 aromatic rings. The molecule has 1 aromatic carbocycles. The van der Waals surface area contributed by atoms with Crippen LogP contribution in [0.2, 0.25) is 0 Å². The highest BCUT2D eigenvalue weighted by Gasteiger charge is 2.49. The lowest BCUT2D eigenvalue weighted by Gasteiger charge is -2.22. The molecule has 112 valence electrons. The van der Waals surface area contributed by atoms with Gasteiger partial charge < -0.3 is 0 Å². The first kappa shape index (κ1) is 15.9. The van der Waals surface area contributed by atoms with E-state index in [1.165, 1.54) is 6.08 Å².